The molecule has 0 aromatic heterocycles. The molecule has 0 fully saturated rings. The van der Waals surface area contributed by atoms with Gasteiger partial charge in [-0.25, -0.2) is 10.2 Å². The topological polar surface area (TPSA) is 115 Å². The summed E-state index contributed by atoms with van der Waals surface area (Å²) in [5, 5.41) is 6.23. The van der Waals surface area contributed by atoms with Crippen molar-refractivity contribution in [3.63, 3.8) is 0 Å². The number of carbonyl (C=O) groups is 3. The average Bonchev–Trinajstić information content (AvgIpc) is 2.64. The van der Waals surface area contributed by atoms with E-state index in [2.05, 4.69) is 15.8 Å². The number of hydrogen-bond acceptors (Lipinski definition) is 7. The number of ether oxygens (including phenoxy) is 3. The summed E-state index contributed by atoms with van der Waals surface area (Å²) in [6.07, 6.45) is 0.358. The van der Waals surface area contributed by atoms with Crippen molar-refractivity contribution in [3.8, 4) is 11.5 Å². The third kappa shape index (κ3) is 5.20. The van der Waals surface area contributed by atoms with Gasteiger partial charge in [0.2, 0.25) is 5.91 Å². The van der Waals surface area contributed by atoms with Gasteiger partial charge in [0.1, 0.15) is 5.71 Å². The van der Waals surface area contributed by atoms with Crippen LogP contribution >= 0.6 is 0 Å². The predicted octanol–water partition coefficient (Wildman–Crippen LogP) is 0.129. The van der Waals surface area contributed by atoms with E-state index in [0.29, 0.717) is 11.5 Å². The molecule has 1 aromatic rings. The number of methoxy groups -OCH3 is 2. The minimum atomic E-state index is -0.721. The highest BCUT2D eigenvalue weighted by Gasteiger charge is 2.20. The molecule has 1 aliphatic rings. The van der Waals surface area contributed by atoms with E-state index in [1.54, 1.807) is 18.2 Å². The summed E-state index contributed by atoms with van der Waals surface area (Å²) in [5.41, 5.74) is 3.09. The van der Waals surface area contributed by atoms with Crippen LogP contribution in [0.5, 0.6) is 11.5 Å². The van der Waals surface area contributed by atoms with Crippen molar-refractivity contribution in [1.29, 1.82) is 0 Å². The summed E-state index contributed by atoms with van der Waals surface area (Å²) in [7, 11) is 3.06. The maximum absolute atomic E-state index is 11.8. The van der Waals surface area contributed by atoms with Crippen LogP contribution in [0.4, 0.5) is 0 Å². The number of nitrogens with one attached hydrogen (secondary N) is 2. The van der Waals surface area contributed by atoms with E-state index < -0.39 is 18.5 Å². The SMILES string of the molecule is COc1ccc(CNC(=O)COC(=O)C2=NNC(=O)CC2)cc1OC. The van der Waals surface area contributed by atoms with E-state index in [1.807, 2.05) is 0 Å². The normalized spacial score (nSPS) is 13.4. The molecule has 0 unspecified atom stereocenters. The molecule has 1 heterocycles. The van der Waals surface area contributed by atoms with E-state index in [-0.39, 0.29) is 31.0 Å². The molecule has 0 spiro atoms. The molecule has 1 aliphatic heterocycles. The summed E-state index contributed by atoms with van der Waals surface area (Å²) in [4.78, 5) is 34.5. The van der Waals surface area contributed by atoms with Crippen LogP contribution in [0.1, 0.15) is 18.4 Å². The Balaban J connectivity index is 1.79. The van der Waals surface area contributed by atoms with Crippen LogP contribution in [0.3, 0.4) is 0 Å². The fourth-order valence-corrected chi connectivity index (χ4v) is 2.08. The number of amides is 2. The van der Waals surface area contributed by atoms with Crippen LogP contribution < -0.4 is 20.2 Å². The molecule has 2 amide bonds. The molecule has 0 atom stereocenters. The van der Waals surface area contributed by atoms with Crippen molar-refractivity contribution in [2.45, 2.75) is 19.4 Å². The highest BCUT2D eigenvalue weighted by atomic mass is 16.5. The van der Waals surface area contributed by atoms with Crippen LogP contribution in [0.2, 0.25) is 0 Å². The van der Waals surface area contributed by atoms with E-state index >= 15 is 0 Å². The van der Waals surface area contributed by atoms with E-state index in [1.165, 1.54) is 14.2 Å². The van der Waals surface area contributed by atoms with Gasteiger partial charge in [-0.2, -0.15) is 5.10 Å². The lowest BCUT2D eigenvalue weighted by atomic mass is 10.2. The predicted molar refractivity (Wildman–Crippen MR) is 87.2 cm³/mol. The van der Waals surface area contributed by atoms with Crippen LogP contribution in [0.15, 0.2) is 23.3 Å². The van der Waals surface area contributed by atoms with Crippen molar-refractivity contribution in [2.24, 2.45) is 5.10 Å². The first-order chi connectivity index (χ1) is 12.0. The van der Waals surface area contributed by atoms with Crippen molar-refractivity contribution in [2.75, 3.05) is 20.8 Å². The summed E-state index contributed by atoms with van der Waals surface area (Å²) < 4.78 is 15.2. The van der Waals surface area contributed by atoms with Gasteiger partial charge in [-0.05, 0) is 17.7 Å². The molecule has 0 aliphatic carbocycles. The summed E-state index contributed by atoms with van der Waals surface area (Å²) in [5.74, 6) is -0.293. The van der Waals surface area contributed by atoms with Crippen LogP contribution in [-0.2, 0) is 25.7 Å². The molecule has 1 aromatic carbocycles. The number of esters is 1. The van der Waals surface area contributed by atoms with Crippen molar-refractivity contribution in [3.05, 3.63) is 23.8 Å². The van der Waals surface area contributed by atoms with Gasteiger partial charge in [-0.1, -0.05) is 6.07 Å². The lowest BCUT2D eigenvalue weighted by Gasteiger charge is -2.12. The molecule has 0 bridgehead atoms. The number of rotatable bonds is 7. The zero-order chi connectivity index (χ0) is 18.2. The Labute approximate surface area is 144 Å². The Hall–Kier alpha value is -3.10. The number of benzene rings is 1. The van der Waals surface area contributed by atoms with Crippen LogP contribution in [0.25, 0.3) is 0 Å². The molecule has 2 rings (SSSR count). The first-order valence-electron chi connectivity index (χ1n) is 7.53. The number of hydrogen-bond donors (Lipinski definition) is 2. The Kier molecular flexibility index (Phi) is 6.33. The van der Waals surface area contributed by atoms with Crippen molar-refractivity contribution >= 4 is 23.5 Å². The van der Waals surface area contributed by atoms with Crippen molar-refractivity contribution in [1.82, 2.24) is 10.7 Å². The first kappa shape index (κ1) is 18.2. The minimum Gasteiger partial charge on any atom is -0.493 e. The fourth-order valence-electron chi connectivity index (χ4n) is 2.08. The van der Waals surface area contributed by atoms with E-state index in [4.69, 9.17) is 14.2 Å². The number of nitrogens with zero attached hydrogens (tertiary/aromatic N) is 1. The maximum atomic E-state index is 11.8. The molecule has 9 nitrogen and oxygen atoms in total. The zero-order valence-electron chi connectivity index (χ0n) is 14.0. The van der Waals surface area contributed by atoms with Crippen molar-refractivity contribution < 1.29 is 28.6 Å². The largest absolute Gasteiger partial charge is 0.493 e. The van der Waals surface area contributed by atoms with Gasteiger partial charge in [0.05, 0.1) is 14.2 Å². The lowest BCUT2D eigenvalue weighted by Crippen LogP contribution is -2.33. The highest BCUT2D eigenvalue weighted by molar-refractivity contribution is 6.37. The molecular formula is C16H19N3O6. The smallest absolute Gasteiger partial charge is 0.355 e. The highest BCUT2D eigenvalue weighted by Crippen LogP contribution is 2.27. The lowest BCUT2D eigenvalue weighted by molar-refractivity contribution is -0.142. The second-order valence-electron chi connectivity index (χ2n) is 5.14. The second-order valence-corrected chi connectivity index (χ2v) is 5.14. The second kappa shape index (κ2) is 8.67. The monoisotopic (exact) mass is 349 g/mol. The molecular weight excluding hydrogens is 330 g/mol. The maximum Gasteiger partial charge on any atom is 0.355 e. The third-order valence-electron chi connectivity index (χ3n) is 3.41. The standard InChI is InChI=1S/C16H19N3O6/c1-23-12-5-3-10(7-13(12)24-2)8-17-15(21)9-25-16(22)11-4-6-14(20)19-18-11/h3,5,7H,4,6,8-9H2,1-2H3,(H,17,21)(H,19,20). The fraction of sp³-hybridized carbons (Fsp3) is 0.375. The van der Waals surface area contributed by atoms with E-state index in [9.17, 15) is 14.4 Å². The summed E-state index contributed by atoms with van der Waals surface area (Å²) in [6, 6.07) is 5.26. The first-order valence-corrected chi connectivity index (χ1v) is 7.53. The molecule has 134 valence electrons. The Bertz CT molecular complexity index is 701. The number of hydrazone groups is 1. The Morgan fingerprint density at radius 2 is 1.96 bits per heavy atom. The van der Waals surface area contributed by atoms with Gasteiger partial charge in [0, 0.05) is 19.4 Å². The Morgan fingerprint density at radius 3 is 2.60 bits per heavy atom. The quantitative estimate of drug-likeness (QED) is 0.676. The summed E-state index contributed by atoms with van der Waals surface area (Å²) in [6.45, 7) is -0.188. The van der Waals surface area contributed by atoms with Crippen LogP contribution in [0, 0.1) is 0 Å². The average molecular weight is 349 g/mol. The van der Waals surface area contributed by atoms with Gasteiger partial charge >= 0.3 is 5.97 Å². The Morgan fingerprint density at radius 1 is 1.20 bits per heavy atom. The van der Waals surface area contributed by atoms with Gasteiger partial charge in [-0.3, -0.25) is 9.59 Å². The van der Waals surface area contributed by atoms with Gasteiger partial charge in [0.25, 0.3) is 5.91 Å². The van der Waals surface area contributed by atoms with E-state index in [0.717, 1.165) is 5.56 Å². The molecule has 2 N–H and O–H groups in total. The molecule has 0 saturated heterocycles. The molecule has 9 heteroatoms. The third-order valence-corrected chi connectivity index (χ3v) is 3.41. The van der Waals surface area contributed by atoms with Crippen LogP contribution in [-0.4, -0.2) is 44.3 Å². The molecule has 0 saturated carbocycles. The molecule has 0 radical (unpaired) electrons. The zero-order valence-corrected chi connectivity index (χ0v) is 14.0. The minimum absolute atomic E-state index is 0.0901. The van der Waals surface area contributed by atoms with Gasteiger partial charge < -0.3 is 19.5 Å². The van der Waals surface area contributed by atoms with Gasteiger partial charge in [-0.15, -0.1) is 0 Å². The summed E-state index contributed by atoms with van der Waals surface area (Å²) >= 11 is 0. The number of carbonyl (C=O) groups excluding carboxylic acids is 3. The molecule has 25 heavy (non-hydrogen) atoms. The van der Waals surface area contributed by atoms with Gasteiger partial charge in [0.15, 0.2) is 18.1 Å².